The molecule has 2 atom stereocenters. The zero-order valence-electron chi connectivity index (χ0n) is 8.86. The molecule has 2 unspecified atom stereocenters. The second kappa shape index (κ2) is 4.00. The normalized spacial score (nSPS) is 30.9. The summed E-state index contributed by atoms with van der Waals surface area (Å²) < 4.78 is 4.98. The molecule has 1 N–H and O–H groups in total. The molecule has 0 aromatic rings. The van der Waals surface area contributed by atoms with Crippen molar-refractivity contribution in [3.8, 4) is 0 Å². The molecule has 0 aromatic carbocycles. The lowest BCUT2D eigenvalue weighted by molar-refractivity contribution is -0.186. The Kier molecular flexibility index (Phi) is 3.16. The number of ether oxygens (including phenoxy) is 1. The highest BCUT2D eigenvalue weighted by atomic mass is 16.6. The maximum Gasteiger partial charge on any atom is 0.335 e. The highest BCUT2D eigenvalue weighted by Crippen LogP contribution is 2.35. The van der Waals surface area contributed by atoms with Gasteiger partial charge in [0.1, 0.15) is 0 Å². The van der Waals surface area contributed by atoms with Crippen LogP contribution in [-0.4, -0.2) is 28.4 Å². The summed E-state index contributed by atoms with van der Waals surface area (Å²) in [6, 6.07) is 0. The van der Waals surface area contributed by atoms with Crippen molar-refractivity contribution in [1.82, 2.24) is 5.06 Å². The molecule has 0 saturated carbocycles. The summed E-state index contributed by atoms with van der Waals surface area (Å²) in [4.78, 5) is 11.8. The van der Waals surface area contributed by atoms with Gasteiger partial charge in [-0.15, -0.1) is 0 Å². The molecule has 14 heavy (non-hydrogen) atoms. The third-order valence-electron chi connectivity index (χ3n) is 2.85. The molecular weight excluding hydrogens is 182 g/mol. The lowest BCUT2D eigenvalue weighted by atomic mass is 9.85. The molecule has 0 bridgehead atoms. The second-order valence-electron chi connectivity index (χ2n) is 3.47. The lowest BCUT2D eigenvalue weighted by Gasteiger charge is -2.35. The molecule has 4 heteroatoms. The van der Waals surface area contributed by atoms with Crippen molar-refractivity contribution < 1.29 is 14.7 Å². The predicted molar refractivity (Wildman–Crippen MR) is 51.6 cm³/mol. The zero-order chi connectivity index (χ0) is 10.8. The Morgan fingerprint density at radius 2 is 2.29 bits per heavy atom. The number of hydroxylamine groups is 2. The molecule has 0 spiro atoms. The van der Waals surface area contributed by atoms with Gasteiger partial charge in [-0.2, -0.15) is 0 Å². The van der Waals surface area contributed by atoms with Gasteiger partial charge in [-0.1, -0.05) is 19.9 Å². The summed E-state index contributed by atoms with van der Waals surface area (Å²) in [5.41, 5.74) is -0.921. The van der Waals surface area contributed by atoms with Crippen LogP contribution in [0.5, 0.6) is 0 Å². The Hall–Kier alpha value is -1.03. The van der Waals surface area contributed by atoms with E-state index in [-0.39, 0.29) is 11.9 Å². The standard InChI is InChI=1S/C10H17NO3/c1-4-10(9(12)14-5-2)8(3)6-7-11(10)13/h6-8,13H,4-5H2,1-3H3. The summed E-state index contributed by atoms with van der Waals surface area (Å²) in [7, 11) is 0. The molecular formula is C10H17NO3. The Labute approximate surface area is 84.1 Å². The van der Waals surface area contributed by atoms with Crippen LogP contribution in [0.4, 0.5) is 0 Å². The average Bonchev–Trinajstić information content (AvgIpc) is 2.44. The van der Waals surface area contributed by atoms with Crippen LogP contribution in [0.3, 0.4) is 0 Å². The van der Waals surface area contributed by atoms with E-state index in [0.717, 1.165) is 5.06 Å². The molecule has 1 aliphatic heterocycles. The quantitative estimate of drug-likeness (QED) is 0.701. The van der Waals surface area contributed by atoms with Crippen LogP contribution in [0.15, 0.2) is 12.3 Å². The highest BCUT2D eigenvalue weighted by Gasteiger charge is 2.49. The van der Waals surface area contributed by atoms with E-state index in [1.807, 2.05) is 13.8 Å². The third kappa shape index (κ3) is 1.39. The molecule has 0 radical (unpaired) electrons. The first-order chi connectivity index (χ1) is 6.59. The van der Waals surface area contributed by atoms with Gasteiger partial charge in [0, 0.05) is 12.1 Å². The molecule has 1 heterocycles. The Balaban J connectivity index is 2.91. The summed E-state index contributed by atoms with van der Waals surface area (Å²) >= 11 is 0. The van der Waals surface area contributed by atoms with Crippen LogP contribution >= 0.6 is 0 Å². The van der Waals surface area contributed by atoms with Gasteiger partial charge < -0.3 is 4.74 Å². The van der Waals surface area contributed by atoms with Crippen molar-refractivity contribution in [3.63, 3.8) is 0 Å². The largest absolute Gasteiger partial charge is 0.464 e. The van der Waals surface area contributed by atoms with Gasteiger partial charge in [0.25, 0.3) is 0 Å². The van der Waals surface area contributed by atoms with E-state index in [4.69, 9.17) is 4.74 Å². The van der Waals surface area contributed by atoms with Crippen LogP contribution in [0.1, 0.15) is 27.2 Å². The monoisotopic (exact) mass is 199 g/mol. The number of hydrogen-bond acceptors (Lipinski definition) is 4. The first-order valence-electron chi connectivity index (χ1n) is 4.93. The molecule has 4 nitrogen and oxygen atoms in total. The summed E-state index contributed by atoms with van der Waals surface area (Å²) in [5, 5.41) is 10.6. The second-order valence-corrected chi connectivity index (χ2v) is 3.47. The number of esters is 1. The smallest absolute Gasteiger partial charge is 0.335 e. The Bertz CT molecular complexity index is 238. The fourth-order valence-electron chi connectivity index (χ4n) is 1.88. The van der Waals surface area contributed by atoms with Gasteiger partial charge in [0.2, 0.25) is 0 Å². The van der Waals surface area contributed by atoms with Crippen molar-refractivity contribution in [1.29, 1.82) is 0 Å². The van der Waals surface area contributed by atoms with Crippen LogP contribution in [0.2, 0.25) is 0 Å². The van der Waals surface area contributed by atoms with Crippen LogP contribution in [-0.2, 0) is 9.53 Å². The maximum atomic E-state index is 11.8. The van der Waals surface area contributed by atoms with E-state index >= 15 is 0 Å². The van der Waals surface area contributed by atoms with Crippen LogP contribution < -0.4 is 0 Å². The number of carbonyl (C=O) groups is 1. The van der Waals surface area contributed by atoms with Crippen molar-refractivity contribution in [2.24, 2.45) is 5.92 Å². The molecule has 80 valence electrons. The molecule has 1 aliphatic rings. The topological polar surface area (TPSA) is 49.8 Å². The number of nitrogens with zero attached hydrogens (tertiary/aromatic N) is 1. The number of hydrogen-bond donors (Lipinski definition) is 1. The summed E-state index contributed by atoms with van der Waals surface area (Å²) in [6.07, 6.45) is 3.85. The average molecular weight is 199 g/mol. The SMILES string of the molecule is CCOC(=O)C1(CC)C(C)C=CN1O. The molecule has 1 rings (SSSR count). The fraction of sp³-hybridized carbons (Fsp3) is 0.700. The van der Waals surface area contributed by atoms with Gasteiger partial charge in [0.05, 0.1) is 6.61 Å². The highest BCUT2D eigenvalue weighted by molar-refractivity contribution is 5.82. The predicted octanol–water partition coefficient (Wildman–Crippen LogP) is 1.55. The van der Waals surface area contributed by atoms with E-state index in [9.17, 15) is 10.0 Å². The number of rotatable bonds is 3. The minimum Gasteiger partial charge on any atom is -0.464 e. The van der Waals surface area contributed by atoms with Crippen LogP contribution in [0, 0.1) is 5.92 Å². The summed E-state index contributed by atoms with van der Waals surface area (Å²) in [6.45, 7) is 5.86. The van der Waals surface area contributed by atoms with Crippen molar-refractivity contribution in [3.05, 3.63) is 12.3 Å². The first-order valence-corrected chi connectivity index (χ1v) is 4.93. The minimum atomic E-state index is -0.921. The van der Waals surface area contributed by atoms with Gasteiger partial charge >= 0.3 is 5.97 Å². The maximum absolute atomic E-state index is 11.8. The molecule has 0 fully saturated rings. The van der Waals surface area contributed by atoms with E-state index in [2.05, 4.69) is 0 Å². The van der Waals surface area contributed by atoms with Gasteiger partial charge in [-0.25, -0.2) is 9.86 Å². The van der Waals surface area contributed by atoms with Crippen molar-refractivity contribution in [2.75, 3.05) is 6.61 Å². The Morgan fingerprint density at radius 1 is 1.64 bits per heavy atom. The first kappa shape index (κ1) is 11.0. The van der Waals surface area contributed by atoms with Crippen molar-refractivity contribution in [2.45, 2.75) is 32.7 Å². The third-order valence-corrected chi connectivity index (χ3v) is 2.85. The zero-order valence-corrected chi connectivity index (χ0v) is 8.86. The van der Waals surface area contributed by atoms with E-state index in [0.29, 0.717) is 13.0 Å². The van der Waals surface area contributed by atoms with Gasteiger partial charge in [0.15, 0.2) is 5.54 Å². The van der Waals surface area contributed by atoms with E-state index in [1.54, 1.807) is 13.0 Å². The molecule has 0 aliphatic carbocycles. The van der Waals surface area contributed by atoms with Gasteiger partial charge in [-0.05, 0) is 13.3 Å². The number of carbonyl (C=O) groups excluding carboxylic acids is 1. The summed E-state index contributed by atoms with van der Waals surface area (Å²) in [5.74, 6) is -0.390. The van der Waals surface area contributed by atoms with E-state index < -0.39 is 5.54 Å². The van der Waals surface area contributed by atoms with Crippen LogP contribution in [0.25, 0.3) is 0 Å². The Morgan fingerprint density at radius 3 is 2.64 bits per heavy atom. The molecule has 0 aromatic heterocycles. The van der Waals surface area contributed by atoms with E-state index in [1.165, 1.54) is 6.20 Å². The van der Waals surface area contributed by atoms with Gasteiger partial charge in [-0.3, -0.25) is 5.21 Å². The molecule has 0 saturated heterocycles. The fourth-order valence-corrected chi connectivity index (χ4v) is 1.88. The molecule has 0 amide bonds. The minimum absolute atomic E-state index is 0.0310. The lowest BCUT2D eigenvalue weighted by Crippen LogP contribution is -2.52. The van der Waals surface area contributed by atoms with Crippen molar-refractivity contribution >= 4 is 5.97 Å².